The van der Waals surface area contributed by atoms with Crippen LogP contribution in [0.4, 0.5) is 5.69 Å². The van der Waals surface area contributed by atoms with Crippen molar-refractivity contribution in [3.8, 4) is 11.1 Å². The number of fused-ring (bicyclic) bond motifs is 3. The van der Waals surface area contributed by atoms with E-state index in [0.717, 1.165) is 38.7 Å². The molecule has 7 rings (SSSR count). The van der Waals surface area contributed by atoms with Gasteiger partial charge in [0, 0.05) is 11.8 Å². The van der Waals surface area contributed by atoms with E-state index in [9.17, 15) is 0 Å². The molecule has 0 radical (unpaired) electrons. The summed E-state index contributed by atoms with van der Waals surface area (Å²) in [5.74, 6) is 0. The van der Waals surface area contributed by atoms with E-state index in [1.807, 2.05) is 30.3 Å². The fourth-order valence-electron chi connectivity index (χ4n) is 5.57. The van der Waals surface area contributed by atoms with Gasteiger partial charge in [-0.1, -0.05) is 103 Å². The summed E-state index contributed by atoms with van der Waals surface area (Å²) in [6.45, 7) is 0. The summed E-state index contributed by atoms with van der Waals surface area (Å²) in [6, 6.07) is 39.8. The molecule has 0 amide bonds. The molecule has 5 aromatic carbocycles. The molecule has 0 aliphatic heterocycles. The van der Waals surface area contributed by atoms with Gasteiger partial charge in [-0.05, 0) is 67.6 Å². The average Bonchev–Trinajstić information content (AvgIpc) is 3.00. The first-order chi connectivity index (χ1) is 19.3. The number of allylic oxidation sites excluding steroid dienone is 1. The lowest BCUT2D eigenvalue weighted by Crippen LogP contribution is -2.21. The number of anilines is 1. The predicted octanol–water partition coefficient (Wildman–Crippen LogP) is 8.34. The molecule has 1 aliphatic rings. The molecule has 4 heteroatoms. The van der Waals surface area contributed by atoms with Crippen LogP contribution in [0.15, 0.2) is 139 Å². The summed E-state index contributed by atoms with van der Waals surface area (Å²) in [6.07, 6.45) is 5.40. The van der Waals surface area contributed by atoms with Crippen LogP contribution in [0.2, 0.25) is 0 Å². The minimum atomic E-state index is 0.361. The molecular formula is C35H24N4. The van der Waals surface area contributed by atoms with Gasteiger partial charge in [-0.25, -0.2) is 0 Å². The molecule has 0 saturated carbocycles. The number of hydrogen-bond donors (Lipinski definition) is 2. The lowest BCUT2D eigenvalue weighted by atomic mass is 9.79. The van der Waals surface area contributed by atoms with Crippen molar-refractivity contribution in [1.82, 2.24) is 4.98 Å². The van der Waals surface area contributed by atoms with Crippen LogP contribution >= 0.6 is 0 Å². The molecule has 184 valence electrons. The number of nitrogens with zero attached hydrogens (tertiary/aromatic N) is 2. The second-order valence-corrected chi connectivity index (χ2v) is 9.54. The Morgan fingerprint density at radius 1 is 0.590 bits per heavy atom. The van der Waals surface area contributed by atoms with Crippen molar-refractivity contribution in [2.24, 2.45) is 5.10 Å². The first-order valence-electron chi connectivity index (χ1n) is 12.9. The monoisotopic (exact) mass is 500 g/mol. The first-order valence-corrected chi connectivity index (χ1v) is 12.9. The highest BCUT2D eigenvalue weighted by molar-refractivity contribution is 6.54. The number of hydrogen-bond acceptors (Lipinski definition) is 4. The molecular weight excluding hydrogens is 476 g/mol. The van der Waals surface area contributed by atoms with E-state index in [-0.39, 0.29) is 0 Å². The Morgan fingerprint density at radius 2 is 1.18 bits per heavy atom. The zero-order chi connectivity index (χ0) is 26.2. The number of rotatable bonds is 4. The second-order valence-electron chi connectivity index (χ2n) is 9.54. The van der Waals surface area contributed by atoms with Crippen molar-refractivity contribution < 1.29 is 0 Å². The molecule has 1 heterocycles. The fraction of sp³-hybridized carbons (Fsp3) is 0. The smallest absolute Gasteiger partial charge is 0.116 e. The molecule has 6 aromatic rings. The van der Waals surface area contributed by atoms with Crippen molar-refractivity contribution in [3.05, 3.63) is 150 Å². The third-order valence-corrected chi connectivity index (χ3v) is 7.24. The SMILES string of the molecule is N=C1C=C(c2c3ccccc3c(-c3ccccc3)c3ccccc23)c2ccccc2/C1=N/Nc1cccnc1. The quantitative estimate of drug-likeness (QED) is 0.189. The molecule has 0 fully saturated rings. The van der Waals surface area contributed by atoms with Crippen LogP contribution in [-0.2, 0) is 0 Å². The van der Waals surface area contributed by atoms with E-state index >= 15 is 0 Å². The third kappa shape index (κ3) is 3.90. The Labute approximate surface area is 226 Å². The zero-order valence-electron chi connectivity index (χ0n) is 21.1. The highest BCUT2D eigenvalue weighted by Crippen LogP contribution is 2.44. The van der Waals surface area contributed by atoms with Gasteiger partial charge >= 0.3 is 0 Å². The summed E-state index contributed by atoms with van der Waals surface area (Å²) in [4.78, 5) is 4.15. The molecule has 0 spiro atoms. The van der Waals surface area contributed by atoms with Gasteiger partial charge in [0.25, 0.3) is 0 Å². The van der Waals surface area contributed by atoms with E-state index in [1.54, 1.807) is 12.4 Å². The Bertz CT molecular complexity index is 1880. The summed E-state index contributed by atoms with van der Waals surface area (Å²) >= 11 is 0. The highest BCUT2D eigenvalue weighted by Gasteiger charge is 2.26. The normalized spacial score (nSPS) is 13.9. The van der Waals surface area contributed by atoms with Gasteiger partial charge in [-0.2, -0.15) is 5.10 Å². The van der Waals surface area contributed by atoms with Crippen LogP contribution in [0.25, 0.3) is 38.2 Å². The van der Waals surface area contributed by atoms with Crippen molar-refractivity contribution >= 4 is 44.2 Å². The topological polar surface area (TPSA) is 61.1 Å². The lowest BCUT2D eigenvalue weighted by Gasteiger charge is -2.24. The van der Waals surface area contributed by atoms with Crippen molar-refractivity contribution in [2.45, 2.75) is 0 Å². The molecule has 0 atom stereocenters. The average molecular weight is 501 g/mol. The fourth-order valence-corrected chi connectivity index (χ4v) is 5.57. The molecule has 1 aromatic heterocycles. The van der Waals surface area contributed by atoms with E-state index in [2.05, 4.69) is 107 Å². The van der Waals surface area contributed by atoms with Gasteiger partial charge < -0.3 is 0 Å². The molecule has 2 N–H and O–H groups in total. The van der Waals surface area contributed by atoms with Gasteiger partial charge in [-0.15, -0.1) is 0 Å². The molecule has 0 bridgehead atoms. The van der Waals surface area contributed by atoms with E-state index < -0.39 is 0 Å². The molecule has 4 nitrogen and oxygen atoms in total. The Kier molecular flexibility index (Phi) is 5.56. The van der Waals surface area contributed by atoms with Crippen LogP contribution in [0.1, 0.15) is 16.7 Å². The summed E-state index contributed by atoms with van der Waals surface area (Å²) in [5, 5.41) is 18.4. The Morgan fingerprint density at radius 3 is 1.82 bits per heavy atom. The molecule has 39 heavy (non-hydrogen) atoms. The molecule has 0 unspecified atom stereocenters. The van der Waals surface area contributed by atoms with Crippen LogP contribution in [0.5, 0.6) is 0 Å². The predicted molar refractivity (Wildman–Crippen MR) is 163 cm³/mol. The summed E-state index contributed by atoms with van der Waals surface area (Å²) in [7, 11) is 0. The number of hydrazone groups is 1. The maximum Gasteiger partial charge on any atom is 0.116 e. The van der Waals surface area contributed by atoms with E-state index in [0.29, 0.717) is 11.4 Å². The van der Waals surface area contributed by atoms with Gasteiger partial charge in [0.15, 0.2) is 0 Å². The number of pyridine rings is 1. The van der Waals surface area contributed by atoms with Gasteiger partial charge in [-0.3, -0.25) is 15.8 Å². The second kappa shape index (κ2) is 9.51. The van der Waals surface area contributed by atoms with Crippen LogP contribution in [0, 0.1) is 5.41 Å². The summed E-state index contributed by atoms with van der Waals surface area (Å²) in [5.41, 5.74) is 11.4. The Balaban J connectivity index is 1.49. The van der Waals surface area contributed by atoms with Crippen LogP contribution < -0.4 is 5.43 Å². The third-order valence-electron chi connectivity index (χ3n) is 7.24. The summed E-state index contributed by atoms with van der Waals surface area (Å²) < 4.78 is 0. The lowest BCUT2D eigenvalue weighted by molar-refractivity contribution is 1.26. The van der Waals surface area contributed by atoms with Gasteiger partial charge in [0.1, 0.15) is 5.71 Å². The first kappa shape index (κ1) is 22.8. The minimum Gasteiger partial charge on any atom is -0.299 e. The maximum absolute atomic E-state index is 9.05. The standard InChI is InChI=1S/C35H24N4/c36-32-21-31(25-14-4-9-19-30(25)35(32)39-38-24-13-10-20-37-22-24)34-28-17-7-5-15-26(28)33(23-11-2-1-3-12-23)27-16-6-8-18-29(27)34/h1-22,36,38H/b36-32?,39-35-. The van der Waals surface area contributed by atoms with Crippen molar-refractivity contribution in [3.63, 3.8) is 0 Å². The largest absolute Gasteiger partial charge is 0.299 e. The number of nitrogens with one attached hydrogen (secondary N) is 2. The van der Waals surface area contributed by atoms with Crippen molar-refractivity contribution in [2.75, 3.05) is 5.43 Å². The van der Waals surface area contributed by atoms with Crippen LogP contribution in [0.3, 0.4) is 0 Å². The van der Waals surface area contributed by atoms with Gasteiger partial charge in [0.2, 0.25) is 0 Å². The van der Waals surface area contributed by atoms with E-state index in [4.69, 9.17) is 5.41 Å². The maximum atomic E-state index is 9.05. The minimum absolute atomic E-state index is 0.361. The van der Waals surface area contributed by atoms with Crippen molar-refractivity contribution in [1.29, 1.82) is 5.41 Å². The van der Waals surface area contributed by atoms with Crippen LogP contribution in [-0.4, -0.2) is 16.4 Å². The highest BCUT2D eigenvalue weighted by atomic mass is 15.3. The zero-order valence-corrected chi connectivity index (χ0v) is 21.1. The van der Waals surface area contributed by atoms with E-state index in [1.165, 1.54) is 21.9 Å². The number of benzene rings is 5. The van der Waals surface area contributed by atoms with Gasteiger partial charge in [0.05, 0.1) is 17.6 Å². The molecule has 1 aliphatic carbocycles. The molecule has 0 saturated heterocycles. The Hall–Kier alpha value is -5.35. The number of aromatic nitrogens is 1.